The van der Waals surface area contributed by atoms with Crippen molar-refractivity contribution in [2.24, 2.45) is 0 Å². The summed E-state index contributed by atoms with van der Waals surface area (Å²) in [6.07, 6.45) is 0. The van der Waals surface area contributed by atoms with Crippen LogP contribution in [0.25, 0.3) is 88.2 Å². The van der Waals surface area contributed by atoms with Gasteiger partial charge < -0.3 is 8.98 Å². The fourth-order valence-corrected chi connectivity index (χ4v) is 6.45. The molecule has 0 saturated carbocycles. The lowest BCUT2D eigenvalue weighted by Gasteiger charge is -2.10. The van der Waals surface area contributed by atoms with Gasteiger partial charge in [-0.15, -0.1) is 0 Å². The van der Waals surface area contributed by atoms with Crippen molar-refractivity contribution in [2.45, 2.75) is 0 Å². The molecule has 0 fully saturated rings. The van der Waals surface area contributed by atoms with Crippen LogP contribution in [-0.2, 0) is 0 Å². The van der Waals surface area contributed by atoms with Crippen LogP contribution in [0.15, 0.2) is 150 Å². The van der Waals surface area contributed by atoms with Gasteiger partial charge in [0.15, 0.2) is 17.1 Å². The van der Waals surface area contributed by atoms with Crippen LogP contribution >= 0.6 is 0 Å². The van der Waals surface area contributed by atoms with Crippen molar-refractivity contribution in [1.29, 1.82) is 0 Å². The maximum Gasteiger partial charge on any atom is 0.187 e. The Kier molecular flexibility index (Phi) is 5.81. The van der Waals surface area contributed by atoms with Gasteiger partial charge in [0.1, 0.15) is 16.8 Å². The number of furan rings is 1. The molecule has 0 N–H and O–H groups in total. The Bertz CT molecular complexity index is 2590. The van der Waals surface area contributed by atoms with Gasteiger partial charge >= 0.3 is 0 Å². The molecular formula is C41H24N4O. The lowest BCUT2D eigenvalue weighted by atomic mass is 10.0. The standard InChI is InChI=1S/C41H24N4O/c1-42-30-21-18-26(19-22-30)38-40-39(44-41(43-38)27-10-3-2-4-11-27)34-25-29(20-23-37(34)46-40)28-12-9-13-31(24-28)45-35-16-7-5-14-32(35)33-15-6-8-17-36(33)45/h2-25H. The van der Waals surface area contributed by atoms with E-state index in [4.69, 9.17) is 21.0 Å². The van der Waals surface area contributed by atoms with Crippen molar-refractivity contribution in [3.63, 3.8) is 0 Å². The molecule has 0 aliphatic heterocycles. The molecule has 46 heavy (non-hydrogen) atoms. The van der Waals surface area contributed by atoms with E-state index in [9.17, 15) is 0 Å². The average Bonchev–Trinajstić information content (AvgIpc) is 3.67. The van der Waals surface area contributed by atoms with E-state index in [0.717, 1.165) is 44.4 Å². The highest BCUT2D eigenvalue weighted by molar-refractivity contribution is 6.10. The van der Waals surface area contributed by atoms with Crippen molar-refractivity contribution in [2.75, 3.05) is 0 Å². The highest BCUT2D eigenvalue weighted by Gasteiger charge is 2.19. The molecule has 9 rings (SSSR count). The van der Waals surface area contributed by atoms with Crippen LogP contribution in [0.4, 0.5) is 5.69 Å². The topological polar surface area (TPSA) is 48.2 Å². The van der Waals surface area contributed by atoms with Crippen LogP contribution in [0.1, 0.15) is 0 Å². The third-order valence-electron chi connectivity index (χ3n) is 8.63. The van der Waals surface area contributed by atoms with E-state index in [1.807, 2.05) is 60.7 Å². The highest BCUT2D eigenvalue weighted by Crippen LogP contribution is 2.38. The zero-order valence-corrected chi connectivity index (χ0v) is 24.6. The summed E-state index contributed by atoms with van der Waals surface area (Å²) >= 11 is 0. The van der Waals surface area contributed by atoms with Gasteiger partial charge in [0.05, 0.1) is 17.6 Å². The first-order valence-corrected chi connectivity index (χ1v) is 15.1. The summed E-state index contributed by atoms with van der Waals surface area (Å²) in [6.45, 7) is 7.37. The number of benzene rings is 6. The summed E-state index contributed by atoms with van der Waals surface area (Å²) in [6, 6.07) is 49.6. The summed E-state index contributed by atoms with van der Waals surface area (Å²) in [5.74, 6) is 0.624. The average molecular weight is 589 g/mol. The Morgan fingerprint density at radius 3 is 1.93 bits per heavy atom. The smallest absolute Gasteiger partial charge is 0.187 e. The molecule has 0 unspecified atom stereocenters. The van der Waals surface area contributed by atoms with Gasteiger partial charge in [0.2, 0.25) is 0 Å². The number of nitrogens with zero attached hydrogens (tertiary/aromatic N) is 4. The molecule has 0 saturated heterocycles. The maximum absolute atomic E-state index is 7.37. The molecule has 0 atom stereocenters. The number of para-hydroxylation sites is 2. The Morgan fingerprint density at radius 2 is 1.20 bits per heavy atom. The van der Waals surface area contributed by atoms with E-state index in [1.54, 1.807) is 0 Å². The third-order valence-corrected chi connectivity index (χ3v) is 8.63. The van der Waals surface area contributed by atoms with Gasteiger partial charge in [-0.05, 0) is 47.5 Å². The molecule has 3 heterocycles. The lowest BCUT2D eigenvalue weighted by molar-refractivity contribution is 0.667. The van der Waals surface area contributed by atoms with Gasteiger partial charge in [0, 0.05) is 33.0 Å². The predicted molar refractivity (Wildman–Crippen MR) is 186 cm³/mol. The Balaban J connectivity index is 1.24. The van der Waals surface area contributed by atoms with Crippen molar-refractivity contribution in [1.82, 2.24) is 14.5 Å². The monoisotopic (exact) mass is 588 g/mol. The zero-order chi connectivity index (χ0) is 30.6. The molecule has 0 radical (unpaired) electrons. The summed E-state index contributed by atoms with van der Waals surface area (Å²) in [4.78, 5) is 13.6. The lowest BCUT2D eigenvalue weighted by Crippen LogP contribution is -1.94. The quantitative estimate of drug-likeness (QED) is 0.192. The first-order chi connectivity index (χ1) is 22.7. The van der Waals surface area contributed by atoms with E-state index < -0.39 is 0 Å². The minimum Gasteiger partial charge on any atom is -0.452 e. The fourth-order valence-electron chi connectivity index (χ4n) is 6.45. The van der Waals surface area contributed by atoms with Crippen LogP contribution in [0.3, 0.4) is 0 Å². The van der Waals surface area contributed by atoms with Crippen molar-refractivity contribution < 1.29 is 4.42 Å². The van der Waals surface area contributed by atoms with E-state index >= 15 is 0 Å². The second kappa shape index (κ2) is 10.3. The normalized spacial score (nSPS) is 11.5. The molecule has 0 spiro atoms. The van der Waals surface area contributed by atoms with Crippen LogP contribution < -0.4 is 0 Å². The highest BCUT2D eigenvalue weighted by atomic mass is 16.3. The number of rotatable bonds is 4. The molecule has 0 amide bonds. The molecule has 5 heteroatoms. The second-order valence-corrected chi connectivity index (χ2v) is 11.3. The van der Waals surface area contributed by atoms with E-state index in [0.29, 0.717) is 22.8 Å². The SMILES string of the molecule is [C-]#[N+]c1ccc(-c2nc(-c3ccccc3)nc3c2oc2ccc(-c4cccc(-n5c6ccccc6c6ccccc65)c4)cc23)cc1. The van der Waals surface area contributed by atoms with Gasteiger partial charge in [-0.1, -0.05) is 109 Å². The van der Waals surface area contributed by atoms with Crippen molar-refractivity contribution in [3.05, 3.63) is 157 Å². The minimum atomic E-state index is 0.578. The van der Waals surface area contributed by atoms with Crippen LogP contribution in [0, 0.1) is 6.57 Å². The Hall–Kier alpha value is -6.51. The van der Waals surface area contributed by atoms with E-state index in [1.165, 1.54) is 21.8 Å². The zero-order valence-electron chi connectivity index (χ0n) is 24.6. The largest absolute Gasteiger partial charge is 0.452 e. The second-order valence-electron chi connectivity index (χ2n) is 11.3. The molecular weight excluding hydrogens is 564 g/mol. The van der Waals surface area contributed by atoms with Crippen LogP contribution in [0.5, 0.6) is 0 Å². The van der Waals surface area contributed by atoms with E-state index in [-0.39, 0.29) is 0 Å². The summed E-state index contributed by atoms with van der Waals surface area (Å²) in [7, 11) is 0. The minimum absolute atomic E-state index is 0.578. The Labute approximate surface area is 264 Å². The number of hydrogen-bond acceptors (Lipinski definition) is 3. The van der Waals surface area contributed by atoms with Crippen molar-refractivity contribution in [3.8, 4) is 39.5 Å². The maximum atomic E-state index is 7.37. The molecule has 6 aromatic carbocycles. The predicted octanol–water partition coefficient (Wildman–Crippen LogP) is 11.0. The fraction of sp³-hybridized carbons (Fsp3) is 0. The Morgan fingerprint density at radius 1 is 0.543 bits per heavy atom. The van der Waals surface area contributed by atoms with Crippen LogP contribution in [0.2, 0.25) is 0 Å². The molecule has 0 bridgehead atoms. The molecule has 214 valence electrons. The molecule has 0 aliphatic carbocycles. The van der Waals surface area contributed by atoms with E-state index in [2.05, 4.69) is 94.3 Å². The molecule has 5 nitrogen and oxygen atoms in total. The van der Waals surface area contributed by atoms with Gasteiger partial charge in [-0.3, -0.25) is 0 Å². The van der Waals surface area contributed by atoms with Crippen molar-refractivity contribution >= 4 is 49.6 Å². The third kappa shape index (κ3) is 4.09. The summed E-state index contributed by atoms with van der Waals surface area (Å²) < 4.78 is 8.80. The molecule has 9 aromatic rings. The molecule has 3 aromatic heterocycles. The summed E-state index contributed by atoms with van der Waals surface area (Å²) in [5, 5.41) is 3.40. The number of hydrogen-bond donors (Lipinski definition) is 0. The number of aromatic nitrogens is 3. The first kappa shape index (κ1) is 25.9. The van der Waals surface area contributed by atoms with Gasteiger partial charge in [-0.25, -0.2) is 14.8 Å². The first-order valence-electron chi connectivity index (χ1n) is 15.1. The number of fused-ring (bicyclic) bond motifs is 6. The summed E-state index contributed by atoms with van der Waals surface area (Å²) in [5.41, 5.74) is 10.8. The molecule has 0 aliphatic rings. The van der Waals surface area contributed by atoms with Gasteiger partial charge in [0.25, 0.3) is 0 Å². The van der Waals surface area contributed by atoms with Crippen LogP contribution in [-0.4, -0.2) is 14.5 Å². The van der Waals surface area contributed by atoms with Gasteiger partial charge in [-0.2, -0.15) is 0 Å².